The summed E-state index contributed by atoms with van der Waals surface area (Å²) in [6.45, 7) is 8.62. The van der Waals surface area contributed by atoms with E-state index >= 15 is 0 Å². The van der Waals surface area contributed by atoms with Crippen LogP contribution in [0, 0.1) is 0 Å². The maximum absolute atomic E-state index is 12.1. The lowest BCUT2D eigenvalue weighted by Crippen LogP contribution is -2.50. The van der Waals surface area contributed by atoms with E-state index in [1.165, 1.54) is 18.5 Å². The van der Waals surface area contributed by atoms with E-state index in [0.29, 0.717) is 5.56 Å². The Hall–Kier alpha value is -1.62. The van der Waals surface area contributed by atoms with Gasteiger partial charge in [0.2, 0.25) is 0 Å². The lowest BCUT2D eigenvalue weighted by atomic mass is 9.98. The zero-order valence-electron chi connectivity index (χ0n) is 12.4. The van der Waals surface area contributed by atoms with Gasteiger partial charge in [0.25, 0.3) is 5.91 Å². The number of carbonyl (C=O) groups excluding carboxylic acids is 1. The largest absolute Gasteiger partial charge is 0.506 e. The molecule has 1 aromatic rings. The quantitative estimate of drug-likeness (QED) is 0.865. The smallest absolute Gasteiger partial charge is 0.253 e. The Balaban J connectivity index is 1.88. The third-order valence-electron chi connectivity index (χ3n) is 3.76. The molecule has 0 radical (unpaired) electrons. The molecule has 0 aromatic carbocycles. The van der Waals surface area contributed by atoms with Crippen molar-refractivity contribution in [1.82, 2.24) is 15.2 Å². The molecule has 2 N–H and O–H groups in total. The highest BCUT2D eigenvalue weighted by Gasteiger charge is 2.27. The zero-order chi connectivity index (χ0) is 14.8. The Labute approximate surface area is 120 Å². The van der Waals surface area contributed by atoms with Gasteiger partial charge >= 0.3 is 0 Å². The summed E-state index contributed by atoms with van der Waals surface area (Å²) < 4.78 is 0. The van der Waals surface area contributed by atoms with Crippen molar-refractivity contribution in [2.45, 2.75) is 45.2 Å². The van der Waals surface area contributed by atoms with Gasteiger partial charge in [-0.3, -0.25) is 14.7 Å². The van der Waals surface area contributed by atoms with E-state index in [2.05, 4.69) is 36.0 Å². The van der Waals surface area contributed by atoms with Crippen LogP contribution in [0.4, 0.5) is 0 Å². The molecule has 0 spiro atoms. The number of likely N-dealkylation sites (tertiary alicyclic amines) is 1. The first-order chi connectivity index (χ1) is 9.36. The predicted molar refractivity (Wildman–Crippen MR) is 77.7 cm³/mol. The average Bonchev–Trinajstić information content (AvgIpc) is 2.38. The van der Waals surface area contributed by atoms with Gasteiger partial charge in [-0.2, -0.15) is 0 Å². The molecular weight excluding hydrogens is 254 g/mol. The number of nitrogens with one attached hydrogen (secondary N) is 1. The number of hydrogen-bond donors (Lipinski definition) is 2. The normalized spacial score (nSPS) is 17.9. The SMILES string of the molecule is CC(C)(C)N1CCC(NC(=O)c2cncc(O)c2)CC1. The number of pyridine rings is 1. The minimum absolute atomic E-state index is 0.0141. The molecule has 5 nitrogen and oxygen atoms in total. The van der Waals surface area contributed by atoms with Gasteiger partial charge in [0, 0.05) is 30.9 Å². The number of hydrogen-bond acceptors (Lipinski definition) is 4. The van der Waals surface area contributed by atoms with Gasteiger partial charge in [0.05, 0.1) is 11.8 Å². The van der Waals surface area contributed by atoms with Crippen molar-refractivity contribution in [3.63, 3.8) is 0 Å². The van der Waals surface area contributed by atoms with Crippen LogP contribution in [-0.4, -0.2) is 45.6 Å². The molecule has 0 bridgehead atoms. The van der Waals surface area contributed by atoms with Gasteiger partial charge in [-0.1, -0.05) is 0 Å². The number of carbonyl (C=O) groups is 1. The number of nitrogens with zero attached hydrogens (tertiary/aromatic N) is 2. The highest BCUT2D eigenvalue weighted by molar-refractivity contribution is 5.94. The fraction of sp³-hybridized carbons (Fsp3) is 0.600. The molecule has 1 fully saturated rings. The van der Waals surface area contributed by atoms with E-state index in [4.69, 9.17) is 0 Å². The first-order valence-electron chi connectivity index (χ1n) is 7.06. The second-order valence-corrected chi connectivity index (χ2v) is 6.34. The lowest BCUT2D eigenvalue weighted by molar-refractivity contribution is 0.0812. The van der Waals surface area contributed by atoms with E-state index in [0.717, 1.165) is 25.9 Å². The summed E-state index contributed by atoms with van der Waals surface area (Å²) >= 11 is 0. The van der Waals surface area contributed by atoms with Crippen molar-refractivity contribution in [2.24, 2.45) is 0 Å². The van der Waals surface area contributed by atoms with Gasteiger partial charge in [0.15, 0.2) is 0 Å². The van der Waals surface area contributed by atoms with E-state index in [9.17, 15) is 9.90 Å². The standard InChI is InChI=1S/C15H23N3O2/c1-15(2,3)18-6-4-12(5-7-18)17-14(20)11-8-13(19)10-16-9-11/h8-10,12,19H,4-7H2,1-3H3,(H,17,20). The summed E-state index contributed by atoms with van der Waals surface area (Å²) in [4.78, 5) is 18.3. The maximum atomic E-state index is 12.1. The molecule has 1 saturated heterocycles. The van der Waals surface area contributed by atoms with Crippen LogP contribution in [0.1, 0.15) is 44.0 Å². The van der Waals surface area contributed by atoms with Gasteiger partial charge in [0.1, 0.15) is 5.75 Å². The van der Waals surface area contributed by atoms with E-state index in [1.54, 1.807) is 0 Å². The molecule has 110 valence electrons. The lowest BCUT2D eigenvalue weighted by Gasteiger charge is -2.41. The van der Waals surface area contributed by atoms with Crippen LogP contribution in [0.2, 0.25) is 0 Å². The van der Waals surface area contributed by atoms with Crippen molar-refractivity contribution in [3.8, 4) is 5.75 Å². The number of amides is 1. The molecular formula is C15H23N3O2. The molecule has 1 aliphatic heterocycles. The molecule has 2 rings (SSSR count). The van der Waals surface area contributed by atoms with E-state index in [1.807, 2.05) is 0 Å². The van der Waals surface area contributed by atoms with Gasteiger partial charge in [-0.25, -0.2) is 0 Å². The number of aromatic nitrogens is 1. The van der Waals surface area contributed by atoms with Crippen LogP contribution in [0.3, 0.4) is 0 Å². The number of aromatic hydroxyl groups is 1. The fourth-order valence-corrected chi connectivity index (χ4v) is 2.52. The van der Waals surface area contributed by atoms with Crippen molar-refractivity contribution in [3.05, 3.63) is 24.0 Å². The molecule has 0 unspecified atom stereocenters. The molecule has 20 heavy (non-hydrogen) atoms. The Morgan fingerprint density at radius 2 is 2.00 bits per heavy atom. The molecule has 2 heterocycles. The Bertz CT molecular complexity index is 474. The summed E-state index contributed by atoms with van der Waals surface area (Å²) in [7, 11) is 0. The second kappa shape index (κ2) is 5.79. The minimum Gasteiger partial charge on any atom is -0.506 e. The topological polar surface area (TPSA) is 65.5 Å². The first kappa shape index (κ1) is 14.8. The highest BCUT2D eigenvalue weighted by atomic mass is 16.3. The highest BCUT2D eigenvalue weighted by Crippen LogP contribution is 2.20. The summed E-state index contributed by atoms with van der Waals surface area (Å²) in [6.07, 6.45) is 4.70. The summed E-state index contributed by atoms with van der Waals surface area (Å²) in [6, 6.07) is 1.63. The fourth-order valence-electron chi connectivity index (χ4n) is 2.52. The molecule has 5 heteroatoms. The monoisotopic (exact) mass is 277 g/mol. The van der Waals surface area contributed by atoms with E-state index in [-0.39, 0.29) is 23.2 Å². The average molecular weight is 277 g/mol. The Morgan fingerprint density at radius 1 is 1.35 bits per heavy atom. The summed E-state index contributed by atoms with van der Waals surface area (Å²) in [5.74, 6) is -0.150. The Kier molecular flexibility index (Phi) is 4.28. The molecule has 1 aromatic heterocycles. The maximum Gasteiger partial charge on any atom is 0.253 e. The third-order valence-corrected chi connectivity index (χ3v) is 3.76. The summed E-state index contributed by atoms with van der Waals surface area (Å²) in [5, 5.41) is 12.4. The van der Waals surface area contributed by atoms with Crippen LogP contribution in [0.5, 0.6) is 5.75 Å². The third kappa shape index (κ3) is 3.70. The van der Waals surface area contributed by atoms with Gasteiger partial charge in [-0.05, 0) is 39.7 Å². The predicted octanol–water partition coefficient (Wildman–Crippen LogP) is 1.78. The van der Waals surface area contributed by atoms with Crippen molar-refractivity contribution >= 4 is 5.91 Å². The van der Waals surface area contributed by atoms with Crippen LogP contribution >= 0.6 is 0 Å². The first-order valence-corrected chi connectivity index (χ1v) is 7.06. The molecule has 0 saturated carbocycles. The van der Waals surface area contributed by atoms with E-state index < -0.39 is 0 Å². The summed E-state index contributed by atoms with van der Waals surface area (Å²) in [5.41, 5.74) is 0.590. The molecule has 0 atom stereocenters. The van der Waals surface area contributed by atoms with Gasteiger partial charge < -0.3 is 10.4 Å². The van der Waals surface area contributed by atoms with Gasteiger partial charge in [-0.15, -0.1) is 0 Å². The van der Waals surface area contributed by atoms with Crippen molar-refractivity contribution in [2.75, 3.05) is 13.1 Å². The Morgan fingerprint density at radius 3 is 2.55 bits per heavy atom. The molecule has 0 aliphatic carbocycles. The molecule has 1 amide bonds. The van der Waals surface area contributed by atoms with Crippen LogP contribution in [0.15, 0.2) is 18.5 Å². The minimum atomic E-state index is -0.164. The number of rotatable bonds is 2. The van der Waals surface area contributed by atoms with Crippen LogP contribution < -0.4 is 5.32 Å². The second-order valence-electron chi connectivity index (χ2n) is 6.34. The number of piperidine rings is 1. The zero-order valence-corrected chi connectivity index (χ0v) is 12.4. The van der Waals surface area contributed by atoms with Crippen LogP contribution in [-0.2, 0) is 0 Å². The van der Waals surface area contributed by atoms with Crippen molar-refractivity contribution < 1.29 is 9.90 Å². The molecule has 1 aliphatic rings. The van der Waals surface area contributed by atoms with Crippen LogP contribution in [0.25, 0.3) is 0 Å². The van der Waals surface area contributed by atoms with Crippen molar-refractivity contribution in [1.29, 1.82) is 0 Å².